The fourth-order valence-corrected chi connectivity index (χ4v) is 0.948. The van der Waals surface area contributed by atoms with Crippen LogP contribution in [0.1, 0.15) is 11.1 Å². The molecule has 0 fully saturated rings. The van der Waals surface area contributed by atoms with E-state index >= 15 is 0 Å². The lowest BCUT2D eigenvalue weighted by atomic mass is 10.1. The van der Waals surface area contributed by atoms with E-state index in [-0.39, 0.29) is 11.3 Å². The molecule has 0 bridgehead atoms. The van der Waals surface area contributed by atoms with Crippen LogP contribution in [0.4, 0.5) is 18.9 Å². The van der Waals surface area contributed by atoms with Crippen LogP contribution in [0.5, 0.6) is 0 Å². The van der Waals surface area contributed by atoms with E-state index in [1.54, 1.807) is 6.07 Å². The number of hydrogen-bond acceptors (Lipinski definition) is 2. The van der Waals surface area contributed by atoms with E-state index < -0.39 is 11.7 Å². The first-order valence-corrected chi connectivity index (χ1v) is 3.82. The van der Waals surface area contributed by atoms with Gasteiger partial charge in [-0.1, -0.05) is 0 Å². The number of benzene rings is 1. The molecule has 76 valence electrons. The molecule has 0 saturated heterocycles. The Labute approximate surface area is 84.1 Å². The minimum absolute atomic E-state index is 0.0902. The maximum Gasteiger partial charge on any atom is 0.416 e. The van der Waals surface area contributed by atoms with E-state index in [1.165, 1.54) is 0 Å². The molecule has 0 atom stereocenters. The topological polar surface area (TPSA) is 49.8 Å². The summed E-state index contributed by atoms with van der Waals surface area (Å²) in [5.74, 6) is 4.40. The highest BCUT2D eigenvalue weighted by atomic mass is 19.4. The summed E-state index contributed by atoms with van der Waals surface area (Å²) >= 11 is 0. The summed E-state index contributed by atoms with van der Waals surface area (Å²) in [6.07, 6.45) is -4.42. The molecular weight excluding hydrogens is 205 g/mol. The van der Waals surface area contributed by atoms with E-state index in [9.17, 15) is 13.2 Å². The third kappa shape index (κ3) is 2.65. The molecule has 0 spiro atoms. The number of nitriles is 1. The average molecular weight is 210 g/mol. The predicted molar refractivity (Wildman–Crippen MR) is 48.3 cm³/mol. The largest absolute Gasteiger partial charge is 0.416 e. The summed E-state index contributed by atoms with van der Waals surface area (Å²) < 4.78 is 36.6. The minimum atomic E-state index is -4.42. The smallest absolute Gasteiger partial charge is 0.398 e. The highest BCUT2D eigenvalue weighted by Crippen LogP contribution is 2.31. The Morgan fingerprint density at radius 3 is 2.40 bits per heavy atom. The molecule has 0 unspecified atom stereocenters. The van der Waals surface area contributed by atoms with Gasteiger partial charge in [0.2, 0.25) is 0 Å². The van der Waals surface area contributed by atoms with Crippen LogP contribution in [0.25, 0.3) is 0 Å². The Kier molecular flexibility index (Phi) is 2.87. The van der Waals surface area contributed by atoms with Gasteiger partial charge in [0.25, 0.3) is 0 Å². The van der Waals surface area contributed by atoms with Gasteiger partial charge in [0.1, 0.15) is 0 Å². The summed E-state index contributed by atoms with van der Waals surface area (Å²) in [5, 5.41) is 8.16. The molecular formula is C10H5F3N2. The van der Waals surface area contributed by atoms with Gasteiger partial charge in [0.05, 0.1) is 5.56 Å². The van der Waals surface area contributed by atoms with Gasteiger partial charge in [-0.15, -0.1) is 0 Å². The second-order valence-electron chi connectivity index (χ2n) is 2.66. The molecule has 0 saturated carbocycles. The summed E-state index contributed by atoms with van der Waals surface area (Å²) in [5.41, 5.74) is 4.64. The zero-order valence-corrected chi connectivity index (χ0v) is 7.39. The number of halogens is 3. The molecule has 1 aromatic rings. The maximum atomic E-state index is 12.2. The number of hydrogen-bond donors (Lipinski definition) is 1. The van der Waals surface area contributed by atoms with Gasteiger partial charge in [-0.3, -0.25) is 0 Å². The molecule has 0 amide bonds. The number of nitrogen functional groups attached to an aromatic ring is 1. The fraction of sp³-hybridized carbons (Fsp3) is 0.100. The molecule has 1 aromatic carbocycles. The van der Waals surface area contributed by atoms with Gasteiger partial charge >= 0.3 is 6.18 Å². The van der Waals surface area contributed by atoms with Gasteiger partial charge < -0.3 is 5.73 Å². The molecule has 15 heavy (non-hydrogen) atoms. The maximum absolute atomic E-state index is 12.2. The quantitative estimate of drug-likeness (QED) is 0.527. The van der Waals surface area contributed by atoms with Gasteiger partial charge in [-0.05, 0) is 24.1 Å². The number of nitrogens with zero attached hydrogens (tertiary/aromatic N) is 1. The van der Waals surface area contributed by atoms with Crippen molar-refractivity contribution in [2.45, 2.75) is 6.18 Å². The van der Waals surface area contributed by atoms with E-state index in [0.29, 0.717) is 0 Å². The minimum Gasteiger partial charge on any atom is -0.398 e. The standard InChI is InChI=1S/C10H5F3N2/c11-10(12,13)8-4-3-7(2-1-5-14)9(15)6-8/h3-4,6H,15H2. The normalized spacial score (nSPS) is 10.0. The van der Waals surface area contributed by atoms with Crippen LogP contribution >= 0.6 is 0 Å². The lowest BCUT2D eigenvalue weighted by Gasteiger charge is -2.07. The summed E-state index contributed by atoms with van der Waals surface area (Å²) in [4.78, 5) is 0. The van der Waals surface area contributed by atoms with Crippen LogP contribution in [0.15, 0.2) is 18.2 Å². The highest BCUT2D eigenvalue weighted by Gasteiger charge is 2.30. The predicted octanol–water partition coefficient (Wildman–Crippen LogP) is 2.16. The Bertz CT molecular complexity index is 472. The van der Waals surface area contributed by atoms with Crippen LogP contribution < -0.4 is 5.73 Å². The molecule has 0 aromatic heterocycles. The van der Waals surface area contributed by atoms with Gasteiger partial charge in [-0.25, -0.2) is 0 Å². The third-order valence-corrected chi connectivity index (χ3v) is 1.63. The van der Waals surface area contributed by atoms with Crippen molar-refractivity contribution in [1.82, 2.24) is 0 Å². The molecule has 5 heteroatoms. The zero-order valence-electron chi connectivity index (χ0n) is 7.39. The molecule has 0 aliphatic rings. The van der Waals surface area contributed by atoms with Gasteiger partial charge in [0, 0.05) is 17.2 Å². The van der Waals surface area contributed by atoms with E-state index in [2.05, 4.69) is 11.8 Å². The summed E-state index contributed by atoms with van der Waals surface area (Å²) in [6.45, 7) is 0. The monoisotopic (exact) mass is 210 g/mol. The van der Waals surface area contributed by atoms with Crippen molar-refractivity contribution >= 4 is 5.69 Å². The zero-order chi connectivity index (χ0) is 11.5. The number of alkyl halides is 3. The van der Waals surface area contributed by atoms with Crippen molar-refractivity contribution in [3.63, 3.8) is 0 Å². The Hall–Kier alpha value is -2.14. The number of rotatable bonds is 0. The van der Waals surface area contributed by atoms with Crippen LogP contribution in [0.3, 0.4) is 0 Å². The van der Waals surface area contributed by atoms with Crippen molar-refractivity contribution in [2.24, 2.45) is 0 Å². The molecule has 0 heterocycles. The van der Waals surface area contributed by atoms with Gasteiger partial charge in [0.15, 0.2) is 6.07 Å². The number of nitrogens with two attached hydrogens (primary N) is 1. The van der Waals surface area contributed by atoms with Crippen molar-refractivity contribution in [1.29, 1.82) is 5.26 Å². The lowest BCUT2D eigenvalue weighted by Crippen LogP contribution is -2.06. The first-order valence-electron chi connectivity index (χ1n) is 3.82. The Morgan fingerprint density at radius 2 is 1.93 bits per heavy atom. The number of anilines is 1. The lowest BCUT2D eigenvalue weighted by molar-refractivity contribution is -0.137. The van der Waals surface area contributed by atoms with E-state index in [0.717, 1.165) is 18.2 Å². The third-order valence-electron chi connectivity index (χ3n) is 1.63. The Balaban J connectivity index is 3.16. The van der Waals surface area contributed by atoms with Gasteiger partial charge in [-0.2, -0.15) is 18.4 Å². The van der Waals surface area contributed by atoms with E-state index in [1.807, 2.05) is 0 Å². The van der Waals surface area contributed by atoms with Crippen LogP contribution in [-0.2, 0) is 6.18 Å². The van der Waals surface area contributed by atoms with Crippen molar-refractivity contribution in [3.05, 3.63) is 29.3 Å². The van der Waals surface area contributed by atoms with Crippen molar-refractivity contribution in [3.8, 4) is 17.9 Å². The average Bonchev–Trinajstić information content (AvgIpc) is 2.14. The van der Waals surface area contributed by atoms with E-state index in [4.69, 9.17) is 11.0 Å². The molecule has 2 N–H and O–H groups in total. The first kappa shape index (κ1) is 10.9. The summed E-state index contributed by atoms with van der Waals surface area (Å²) in [6, 6.07) is 4.36. The second kappa shape index (κ2) is 3.93. The Morgan fingerprint density at radius 1 is 1.27 bits per heavy atom. The molecule has 0 aliphatic heterocycles. The first-order chi connectivity index (χ1) is 6.95. The fourth-order valence-electron chi connectivity index (χ4n) is 0.948. The van der Waals surface area contributed by atoms with Crippen LogP contribution in [-0.4, -0.2) is 0 Å². The van der Waals surface area contributed by atoms with Crippen molar-refractivity contribution < 1.29 is 13.2 Å². The second-order valence-corrected chi connectivity index (χ2v) is 2.66. The van der Waals surface area contributed by atoms with Crippen LogP contribution in [0, 0.1) is 23.2 Å². The molecule has 0 aliphatic carbocycles. The molecule has 0 radical (unpaired) electrons. The van der Waals surface area contributed by atoms with Crippen LogP contribution in [0.2, 0.25) is 0 Å². The summed E-state index contributed by atoms with van der Waals surface area (Å²) in [7, 11) is 0. The molecule has 1 rings (SSSR count). The molecule has 2 nitrogen and oxygen atoms in total. The van der Waals surface area contributed by atoms with Crippen molar-refractivity contribution in [2.75, 3.05) is 5.73 Å². The SMILES string of the molecule is N#CC#Cc1ccc(C(F)(F)F)cc1N. The highest BCUT2D eigenvalue weighted by molar-refractivity contribution is 5.58.